The first kappa shape index (κ1) is 21.1. The van der Waals surface area contributed by atoms with Gasteiger partial charge in [0.1, 0.15) is 17.5 Å². The second-order valence-corrected chi connectivity index (χ2v) is 7.59. The molecule has 1 aliphatic carbocycles. The fourth-order valence-electron chi connectivity index (χ4n) is 2.67. The predicted octanol–water partition coefficient (Wildman–Crippen LogP) is 5.87. The molecular formula is C16H12BrClF6O2. The van der Waals surface area contributed by atoms with Gasteiger partial charge in [0.2, 0.25) is 0 Å². The third-order valence-corrected chi connectivity index (χ3v) is 5.52. The molecule has 1 aliphatic rings. The number of carbonyl (C=O) groups excluding carboxylic acids is 1. The van der Waals surface area contributed by atoms with Crippen LogP contribution in [0, 0.1) is 34.7 Å². The maximum atomic E-state index is 13.7. The summed E-state index contributed by atoms with van der Waals surface area (Å²) in [7, 11) is 0. The van der Waals surface area contributed by atoms with Gasteiger partial charge in [-0.2, -0.15) is 13.2 Å². The van der Waals surface area contributed by atoms with Crippen LogP contribution in [0.25, 0.3) is 0 Å². The molecule has 1 fully saturated rings. The number of hydrogen-bond acceptors (Lipinski definition) is 2. The highest BCUT2D eigenvalue weighted by Gasteiger charge is 2.62. The average Bonchev–Trinajstić information content (AvgIpc) is 3.04. The van der Waals surface area contributed by atoms with Crippen molar-refractivity contribution in [2.24, 2.45) is 17.3 Å². The van der Waals surface area contributed by atoms with E-state index in [1.807, 2.05) is 0 Å². The monoisotopic (exact) mass is 464 g/mol. The number of rotatable bonds is 4. The smallest absolute Gasteiger partial charge is 0.426 e. The lowest BCUT2D eigenvalue weighted by atomic mass is 10.1. The minimum Gasteiger partial charge on any atom is -0.460 e. The molecule has 1 saturated carbocycles. The quantitative estimate of drug-likeness (QED) is 0.316. The molecule has 0 amide bonds. The van der Waals surface area contributed by atoms with E-state index >= 15 is 0 Å². The van der Waals surface area contributed by atoms with Crippen molar-refractivity contribution in [3.8, 4) is 0 Å². The highest BCUT2D eigenvalue weighted by atomic mass is 79.9. The van der Waals surface area contributed by atoms with Gasteiger partial charge >= 0.3 is 12.1 Å². The van der Waals surface area contributed by atoms with E-state index in [0.29, 0.717) is 6.07 Å². The van der Waals surface area contributed by atoms with Gasteiger partial charge in [0.25, 0.3) is 0 Å². The topological polar surface area (TPSA) is 26.3 Å². The van der Waals surface area contributed by atoms with Crippen LogP contribution in [-0.2, 0) is 16.1 Å². The zero-order valence-corrected chi connectivity index (χ0v) is 15.7. The zero-order valence-electron chi connectivity index (χ0n) is 13.4. The molecule has 2 atom stereocenters. The number of esters is 1. The van der Waals surface area contributed by atoms with Crippen molar-refractivity contribution >= 4 is 33.5 Å². The van der Waals surface area contributed by atoms with Crippen LogP contribution in [0.5, 0.6) is 0 Å². The average molecular weight is 466 g/mol. The molecule has 0 heterocycles. The molecule has 0 saturated heterocycles. The van der Waals surface area contributed by atoms with E-state index in [9.17, 15) is 31.1 Å². The van der Waals surface area contributed by atoms with Crippen molar-refractivity contribution in [2.45, 2.75) is 26.6 Å². The Morgan fingerprint density at radius 2 is 1.88 bits per heavy atom. The van der Waals surface area contributed by atoms with Crippen molar-refractivity contribution in [1.29, 1.82) is 0 Å². The van der Waals surface area contributed by atoms with Crippen molar-refractivity contribution in [1.82, 2.24) is 0 Å². The van der Waals surface area contributed by atoms with Gasteiger partial charge in [-0.3, -0.25) is 4.79 Å². The van der Waals surface area contributed by atoms with Gasteiger partial charge in [-0.05, 0) is 27.3 Å². The highest BCUT2D eigenvalue weighted by Crippen LogP contribution is 2.60. The van der Waals surface area contributed by atoms with E-state index in [2.05, 4.69) is 15.9 Å². The predicted molar refractivity (Wildman–Crippen MR) is 84.6 cm³/mol. The third kappa shape index (κ3) is 4.03. The number of hydrogen-bond donors (Lipinski definition) is 0. The Morgan fingerprint density at radius 1 is 1.31 bits per heavy atom. The van der Waals surface area contributed by atoms with Crippen molar-refractivity contribution in [3.05, 3.63) is 44.7 Å². The van der Waals surface area contributed by atoms with Crippen LogP contribution < -0.4 is 0 Å². The minimum atomic E-state index is -4.73. The molecular weight excluding hydrogens is 454 g/mol. The molecule has 0 aromatic heterocycles. The van der Waals surface area contributed by atoms with Gasteiger partial charge in [-0.25, -0.2) is 13.2 Å². The summed E-state index contributed by atoms with van der Waals surface area (Å²) < 4.78 is 82.4. The second kappa shape index (κ2) is 7.07. The molecule has 0 aliphatic heterocycles. The summed E-state index contributed by atoms with van der Waals surface area (Å²) in [4.78, 5) is 12.1. The van der Waals surface area contributed by atoms with E-state index in [0.717, 1.165) is 6.08 Å². The van der Waals surface area contributed by atoms with Crippen LogP contribution in [0.15, 0.2) is 21.6 Å². The highest BCUT2D eigenvalue weighted by molar-refractivity contribution is 9.10. The molecule has 0 spiro atoms. The molecule has 1 aromatic carbocycles. The summed E-state index contributed by atoms with van der Waals surface area (Å²) in [6.45, 7) is 2.30. The Kier molecular flexibility index (Phi) is 5.73. The van der Waals surface area contributed by atoms with Crippen LogP contribution >= 0.6 is 27.5 Å². The number of alkyl halides is 3. The fraction of sp³-hybridized carbons (Fsp3) is 0.438. The van der Waals surface area contributed by atoms with Crippen molar-refractivity contribution in [3.63, 3.8) is 0 Å². The van der Waals surface area contributed by atoms with E-state index in [1.165, 1.54) is 0 Å². The van der Waals surface area contributed by atoms with Crippen LogP contribution in [-0.4, -0.2) is 12.1 Å². The Balaban J connectivity index is 2.13. The third-order valence-electron chi connectivity index (χ3n) is 4.32. The number of ether oxygens (including phenoxy) is 1. The lowest BCUT2D eigenvalue weighted by molar-refractivity contribution is -0.147. The van der Waals surface area contributed by atoms with Gasteiger partial charge < -0.3 is 4.74 Å². The fourth-order valence-corrected chi connectivity index (χ4v) is 3.21. The first-order chi connectivity index (χ1) is 11.8. The van der Waals surface area contributed by atoms with Crippen LogP contribution in [0.4, 0.5) is 26.3 Å². The molecule has 26 heavy (non-hydrogen) atoms. The van der Waals surface area contributed by atoms with Crippen LogP contribution in [0.1, 0.15) is 19.4 Å². The Hall–Kier alpha value is -1.22. The summed E-state index contributed by atoms with van der Waals surface area (Å²) in [6.07, 6.45) is -4.01. The maximum Gasteiger partial charge on any atom is 0.426 e. The molecule has 2 rings (SSSR count). The maximum absolute atomic E-state index is 13.7. The van der Waals surface area contributed by atoms with Crippen molar-refractivity contribution < 1.29 is 35.9 Å². The van der Waals surface area contributed by atoms with Gasteiger partial charge in [-0.1, -0.05) is 31.5 Å². The van der Waals surface area contributed by atoms with E-state index in [4.69, 9.17) is 16.3 Å². The van der Waals surface area contributed by atoms with Crippen molar-refractivity contribution in [2.75, 3.05) is 0 Å². The standard InChI is InChI=1S/C16H12BrClF6O2/c1-15(2)7(3-10(18)16(22,23)24)11(15)14(25)26-5-6-12(17)8(19)4-9(20)13(6)21/h3-4,7,11H,5H2,1-2H3/b10-3-/t7-,11-/m0/s1. The van der Waals surface area contributed by atoms with E-state index in [-0.39, 0.29) is 0 Å². The number of allylic oxidation sites excluding steroid dienone is 2. The molecule has 0 radical (unpaired) electrons. The Bertz CT molecular complexity index is 749. The SMILES string of the molecule is CC1(C)[C@H](C(=O)OCc2c(F)c(F)cc(F)c2Br)[C@@H]1/C=C(\Cl)C(F)(F)F. The zero-order chi connectivity index (χ0) is 20.0. The number of carbonyl (C=O) groups is 1. The minimum absolute atomic E-state index is 0.328. The molecule has 2 nitrogen and oxygen atoms in total. The lowest BCUT2D eigenvalue weighted by Gasteiger charge is -2.10. The van der Waals surface area contributed by atoms with Gasteiger partial charge in [0.05, 0.1) is 10.4 Å². The molecule has 10 heteroatoms. The summed E-state index contributed by atoms with van der Waals surface area (Å²) in [5, 5.41) is -1.35. The van der Waals surface area contributed by atoms with Gasteiger partial charge in [0, 0.05) is 11.6 Å². The Morgan fingerprint density at radius 3 is 2.42 bits per heavy atom. The Labute approximate surface area is 158 Å². The van der Waals surface area contributed by atoms with Gasteiger partial charge in [0.15, 0.2) is 11.6 Å². The molecule has 0 N–H and O–H groups in total. The lowest BCUT2D eigenvalue weighted by Crippen LogP contribution is -2.12. The summed E-state index contributed by atoms with van der Waals surface area (Å²) >= 11 is 7.92. The summed E-state index contributed by atoms with van der Waals surface area (Å²) in [6, 6.07) is 0.328. The first-order valence-corrected chi connectivity index (χ1v) is 8.38. The molecule has 1 aromatic rings. The number of benzene rings is 1. The van der Waals surface area contributed by atoms with E-state index in [1.54, 1.807) is 13.8 Å². The first-order valence-electron chi connectivity index (χ1n) is 7.21. The normalized spacial score (nSPS) is 22.3. The molecule has 0 unspecified atom stereocenters. The summed E-state index contributed by atoms with van der Waals surface area (Å²) in [5.74, 6) is -6.63. The summed E-state index contributed by atoms with van der Waals surface area (Å²) in [5.41, 5.74) is -1.40. The van der Waals surface area contributed by atoms with Crippen LogP contribution in [0.3, 0.4) is 0 Å². The molecule has 0 bridgehead atoms. The second-order valence-electron chi connectivity index (χ2n) is 6.39. The largest absolute Gasteiger partial charge is 0.460 e. The molecule has 144 valence electrons. The van der Waals surface area contributed by atoms with E-state index < -0.39 is 68.5 Å². The van der Waals surface area contributed by atoms with Crippen LogP contribution in [0.2, 0.25) is 0 Å². The number of halogens is 8. The van der Waals surface area contributed by atoms with Gasteiger partial charge in [-0.15, -0.1) is 0 Å².